The number of halogens is 1. The SMILES string of the molecule is CC(N)CCc1ccc(OCc2cncc(F)c2)cc1. The Balaban J connectivity index is 1.87. The zero-order valence-electron chi connectivity index (χ0n) is 11.6. The maximum Gasteiger partial charge on any atom is 0.141 e. The van der Waals surface area contributed by atoms with E-state index in [2.05, 4.69) is 4.98 Å². The predicted molar refractivity (Wildman–Crippen MR) is 76.9 cm³/mol. The third-order valence-electron chi connectivity index (χ3n) is 2.98. The first-order chi connectivity index (χ1) is 9.63. The van der Waals surface area contributed by atoms with E-state index in [9.17, 15) is 4.39 Å². The molecule has 2 rings (SSSR count). The van der Waals surface area contributed by atoms with Gasteiger partial charge in [-0.05, 0) is 43.5 Å². The molecule has 2 N–H and O–H groups in total. The van der Waals surface area contributed by atoms with Crippen LogP contribution in [0.3, 0.4) is 0 Å². The molecule has 0 amide bonds. The Morgan fingerprint density at radius 1 is 1.20 bits per heavy atom. The second-order valence-corrected chi connectivity index (χ2v) is 4.96. The third kappa shape index (κ3) is 4.63. The molecule has 106 valence electrons. The normalized spacial score (nSPS) is 12.2. The van der Waals surface area contributed by atoms with E-state index in [4.69, 9.17) is 10.5 Å². The van der Waals surface area contributed by atoms with Gasteiger partial charge in [-0.15, -0.1) is 0 Å². The van der Waals surface area contributed by atoms with Crippen LogP contribution in [0.2, 0.25) is 0 Å². The summed E-state index contributed by atoms with van der Waals surface area (Å²) in [6, 6.07) is 9.53. The highest BCUT2D eigenvalue weighted by molar-refractivity contribution is 5.27. The summed E-state index contributed by atoms with van der Waals surface area (Å²) >= 11 is 0. The summed E-state index contributed by atoms with van der Waals surface area (Å²) in [7, 11) is 0. The van der Waals surface area contributed by atoms with Crippen molar-refractivity contribution in [2.45, 2.75) is 32.4 Å². The first kappa shape index (κ1) is 14.5. The molecule has 1 aromatic heterocycles. The lowest BCUT2D eigenvalue weighted by Gasteiger charge is -2.08. The van der Waals surface area contributed by atoms with Crippen LogP contribution in [-0.2, 0) is 13.0 Å². The number of hydrogen-bond acceptors (Lipinski definition) is 3. The number of ether oxygens (including phenoxy) is 1. The molecule has 3 nitrogen and oxygen atoms in total. The fourth-order valence-corrected chi connectivity index (χ4v) is 1.85. The quantitative estimate of drug-likeness (QED) is 0.880. The Labute approximate surface area is 118 Å². The smallest absolute Gasteiger partial charge is 0.141 e. The molecule has 0 aliphatic heterocycles. The lowest BCUT2D eigenvalue weighted by Crippen LogP contribution is -2.15. The van der Waals surface area contributed by atoms with E-state index in [-0.39, 0.29) is 11.9 Å². The molecule has 1 heterocycles. The topological polar surface area (TPSA) is 48.1 Å². The van der Waals surface area contributed by atoms with Crippen molar-refractivity contribution >= 4 is 0 Å². The molecule has 2 aromatic rings. The van der Waals surface area contributed by atoms with Crippen LogP contribution >= 0.6 is 0 Å². The fraction of sp³-hybridized carbons (Fsp3) is 0.312. The Bertz CT molecular complexity index is 540. The van der Waals surface area contributed by atoms with Crippen molar-refractivity contribution < 1.29 is 9.13 Å². The molecule has 4 heteroatoms. The van der Waals surface area contributed by atoms with Crippen molar-refractivity contribution in [3.05, 3.63) is 59.7 Å². The second-order valence-electron chi connectivity index (χ2n) is 4.96. The number of hydrogen-bond donors (Lipinski definition) is 1. The van der Waals surface area contributed by atoms with Crippen molar-refractivity contribution in [3.63, 3.8) is 0 Å². The molecule has 0 aliphatic rings. The van der Waals surface area contributed by atoms with E-state index in [0.29, 0.717) is 12.2 Å². The van der Waals surface area contributed by atoms with Gasteiger partial charge >= 0.3 is 0 Å². The third-order valence-corrected chi connectivity index (χ3v) is 2.98. The van der Waals surface area contributed by atoms with Gasteiger partial charge in [0.2, 0.25) is 0 Å². The number of rotatable bonds is 6. The molecule has 0 radical (unpaired) electrons. The van der Waals surface area contributed by atoms with Gasteiger partial charge in [-0.2, -0.15) is 0 Å². The first-order valence-electron chi connectivity index (χ1n) is 6.70. The summed E-state index contributed by atoms with van der Waals surface area (Å²) in [6.07, 6.45) is 4.71. The van der Waals surface area contributed by atoms with Gasteiger partial charge in [0.15, 0.2) is 0 Å². The van der Waals surface area contributed by atoms with Gasteiger partial charge in [0.05, 0.1) is 6.20 Å². The van der Waals surface area contributed by atoms with Gasteiger partial charge in [-0.1, -0.05) is 12.1 Å². The lowest BCUT2D eigenvalue weighted by molar-refractivity contribution is 0.305. The van der Waals surface area contributed by atoms with Gasteiger partial charge in [-0.3, -0.25) is 4.98 Å². The zero-order chi connectivity index (χ0) is 14.4. The largest absolute Gasteiger partial charge is 0.489 e. The molecule has 1 atom stereocenters. The second kappa shape index (κ2) is 7.01. The van der Waals surface area contributed by atoms with E-state index < -0.39 is 0 Å². The first-order valence-corrected chi connectivity index (χ1v) is 6.70. The maximum atomic E-state index is 13.0. The Morgan fingerprint density at radius 2 is 1.95 bits per heavy atom. The summed E-state index contributed by atoms with van der Waals surface area (Å²) in [6.45, 7) is 2.31. The van der Waals surface area contributed by atoms with Crippen molar-refractivity contribution in [3.8, 4) is 5.75 Å². The van der Waals surface area contributed by atoms with Crippen LogP contribution in [0.4, 0.5) is 4.39 Å². The number of pyridine rings is 1. The van der Waals surface area contributed by atoms with Crippen LogP contribution in [0.25, 0.3) is 0 Å². The van der Waals surface area contributed by atoms with Gasteiger partial charge in [-0.25, -0.2) is 4.39 Å². The highest BCUT2D eigenvalue weighted by Crippen LogP contribution is 2.15. The molecular weight excluding hydrogens is 255 g/mol. The monoisotopic (exact) mass is 274 g/mol. The Kier molecular flexibility index (Phi) is 5.07. The molecule has 0 aliphatic carbocycles. The van der Waals surface area contributed by atoms with Gasteiger partial charge < -0.3 is 10.5 Å². The van der Waals surface area contributed by atoms with E-state index in [1.807, 2.05) is 31.2 Å². The minimum absolute atomic E-state index is 0.214. The average Bonchev–Trinajstić information content (AvgIpc) is 2.44. The highest BCUT2D eigenvalue weighted by atomic mass is 19.1. The summed E-state index contributed by atoms with van der Waals surface area (Å²) < 4.78 is 18.6. The molecule has 0 fully saturated rings. The number of benzene rings is 1. The standard InChI is InChI=1S/C16H19FN2O/c1-12(18)2-3-13-4-6-16(7-5-13)20-11-14-8-15(17)10-19-9-14/h4-10,12H,2-3,11,18H2,1H3. The van der Waals surface area contributed by atoms with E-state index >= 15 is 0 Å². The molecule has 0 saturated heterocycles. The summed E-state index contributed by atoms with van der Waals surface area (Å²) in [4.78, 5) is 3.78. The van der Waals surface area contributed by atoms with Crippen LogP contribution in [0, 0.1) is 5.82 Å². The molecule has 0 bridgehead atoms. The van der Waals surface area contributed by atoms with Gasteiger partial charge in [0.1, 0.15) is 18.2 Å². The minimum Gasteiger partial charge on any atom is -0.489 e. The van der Waals surface area contributed by atoms with Crippen molar-refractivity contribution in [2.75, 3.05) is 0 Å². The molecule has 0 spiro atoms. The van der Waals surface area contributed by atoms with Crippen LogP contribution in [0.15, 0.2) is 42.7 Å². The Hall–Kier alpha value is -1.94. The number of aryl methyl sites for hydroxylation is 1. The van der Waals surface area contributed by atoms with Gasteiger partial charge in [0, 0.05) is 17.8 Å². The molecule has 1 unspecified atom stereocenters. The molecule has 20 heavy (non-hydrogen) atoms. The number of nitrogens with zero attached hydrogens (tertiary/aromatic N) is 1. The van der Waals surface area contributed by atoms with Crippen molar-refractivity contribution in [1.82, 2.24) is 4.98 Å². The van der Waals surface area contributed by atoms with Crippen LogP contribution in [-0.4, -0.2) is 11.0 Å². The van der Waals surface area contributed by atoms with Crippen LogP contribution in [0.5, 0.6) is 5.75 Å². The number of aromatic nitrogens is 1. The average molecular weight is 274 g/mol. The van der Waals surface area contributed by atoms with E-state index in [1.165, 1.54) is 17.8 Å². The minimum atomic E-state index is -0.350. The number of nitrogens with two attached hydrogens (primary N) is 1. The zero-order valence-corrected chi connectivity index (χ0v) is 11.6. The molecule has 1 aromatic carbocycles. The lowest BCUT2D eigenvalue weighted by atomic mass is 10.1. The van der Waals surface area contributed by atoms with Crippen molar-refractivity contribution in [1.29, 1.82) is 0 Å². The van der Waals surface area contributed by atoms with Crippen LogP contribution < -0.4 is 10.5 Å². The molecule has 0 saturated carbocycles. The Morgan fingerprint density at radius 3 is 2.60 bits per heavy atom. The summed E-state index contributed by atoms with van der Waals surface area (Å²) in [5.74, 6) is 0.413. The predicted octanol–water partition coefficient (Wildman–Crippen LogP) is 3.08. The summed E-state index contributed by atoms with van der Waals surface area (Å²) in [5.41, 5.74) is 7.69. The fourth-order valence-electron chi connectivity index (χ4n) is 1.85. The summed E-state index contributed by atoms with van der Waals surface area (Å²) in [5, 5.41) is 0. The van der Waals surface area contributed by atoms with E-state index in [1.54, 1.807) is 6.20 Å². The van der Waals surface area contributed by atoms with Crippen molar-refractivity contribution in [2.24, 2.45) is 5.73 Å². The highest BCUT2D eigenvalue weighted by Gasteiger charge is 2.00. The van der Waals surface area contributed by atoms with Gasteiger partial charge in [0.25, 0.3) is 0 Å². The molecular formula is C16H19FN2O. The van der Waals surface area contributed by atoms with E-state index in [0.717, 1.165) is 18.6 Å². The van der Waals surface area contributed by atoms with Crippen LogP contribution in [0.1, 0.15) is 24.5 Å². The maximum absolute atomic E-state index is 13.0.